The highest BCUT2D eigenvalue weighted by molar-refractivity contribution is 9.10. The van der Waals surface area contributed by atoms with Gasteiger partial charge in [-0.05, 0) is 60.0 Å². The van der Waals surface area contributed by atoms with Crippen molar-refractivity contribution in [3.05, 3.63) is 103 Å². The first kappa shape index (κ1) is 24.0. The molecule has 1 aliphatic rings. The second-order valence-corrected chi connectivity index (χ2v) is 9.88. The standard InChI is InChI=1S/C25H23BrCl3NO2/c26-21-4-2-1-3-18(21)16-32-25(19-6-8-20(27)9-7-19)11-12-30-14-24(25)31-15-17-5-10-22(28)23(29)13-17/h1-10,13,24,30H,11-12,14-16H2. The van der Waals surface area contributed by atoms with Gasteiger partial charge in [-0.1, -0.05) is 87.1 Å². The van der Waals surface area contributed by atoms with Crippen molar-refractivity contribution in [1.82, 2.24) is 5.32 Å². The summed E-state index contributed by atoms with van der Waals surface area (Å²) >= 11 is 22.1. The summed E-state index contributed by atoms with van der Waals surface area (Å²) in [7, 11) is 0. The summed E-state index contributed by atoms with van der Waals surface area (Å²) in [5.74, 6) is 0. The fourth-order valence-electron chi connectivity index (χ4n) is 3.99. The summed E-state index contributed by atoms with van der Waals surface area (Å²) in [6, 6.07) is 21.5. The number of nitrogens with one attached hydrogen (secondary N) is 1. The largest absolute Gasteiger partial charge is 0.369 e. The fourth-order valence-corrected chi connectivity index (χ4v) is 4.83. The molecule has 2 unspecified atom stereocenters. The number of benzene rings is 3. The summed E-state index contributed by atoms with van der Waals surface area (Å²) in [4.78, 5) is 0. The number of hydrogen-bond acceptors (Lipinski definition) is 3. The van der Waals surface area contributed by atoms with E-state index < -0.39 is 5.60 Å². The lowest BCUT2D eigenvalue weighted by Crippen LogP contribution is -2.54. The number of halogens is 4. The first-order valence-electron chi connectivity index (χ1n) is 10.4. The van der Waals surface area contributed by atoms with E-state index in [0.29, 0.717) is 34.8 Å². The van der Waals surface area contributed by atoms with Gasteiger partial charge in [0.1, 0.15) is 11.7 Å². The smallest absolute Gasteiger partial charge is 0.122 e. The van der Waals surface area contributed by atoms with E-state index in [0.717, 1.165) is 34.1 Å². The molecule has 1 fully saturated rings. The molecule has 0 radical (unpaired) electrons. The predicted octanol–water partition coefficient (Wildman–Crippen LogP) is 7.40. The van der Waals surface area contributed by atoms with Crippen molar-refractivity contribution in [1.29, 1.82) is 0 Å². The van der Waals surface area contributed by atoms with Crippen LogP contribution >= 0.6 is 50.7 Å². The Bertz CT molecular complexity index is 1060. The minimum atomic E-state index is -0.624. The lowest BCUT2D eigenvalue weighted by Gasteiger charge is -2.44. The van der Waals surface area contributed by atoms with Gasteiger partial charge in [-0.2, -0.15) is 0 Å². The Morgan fingerprint density at radius 2 is 1.72 bits per heavy atom. The molecule has 1 aliphatic heterocycles. The molecule has 0 bridgehead atoms. The molecule has 1 heterocycles. The summed E-state index contributed by atoms with van der Waals surface area (Å²) in [5.41, 5.74) is 2.47. The van der Waals surface area contributed by atoms with Crippen LogP contribution in [0.5, 0.6) is 0 Å². The maximum atomic E-state index is 6.72. The van der Waals surface area contributed by atoms with Crippen LogP contribution < -0.4 is 5.32 Å². The van der Waals surface area contributed by atoms with Gasteiger partial charge in [0.15, 0.2) is 0 Å². The molecule has 3 aromatic rings. The zero-order valence-electron chi connectivity index (χ0n) is 17.3. The minimum Gasteiger partial charge on any atom is -0.369 e. The third kappa shape index (κ3) is 5.51. The average molecular weight is 556 g/mol. The van der Waals surface area contributed by atoms with E-state index in [9.17, 15) is 0 Å². The highest BCUT2D eigenvalue weighted by atomic mass is 79.9. The molecule has 2 atom stereocenters. The number of piperidine rings is 1. The summed E-state index contributed by atoms with van der Waals surface area (Å²) in [6.45, 7) is 2.35. The van der Waals surface area contributed by atoms with Crippen LogP contribution in [0, 0.1) is 0 Å². The molecule has 1 saturated heterocycles. The molecule has 0 saturated carbocycles. The number of ether oxygens (including phenoxy) is 2. The molecule has 0 aliphatic carbocycles. The van der Waals surface area contributed by atoms with Gasteiger partial charge >= 0.3 is 0 Å². The van der Waals surface area contributed by atoms with Gasteiger partial charge in [0, 0.05) is 16.0 Å². The normalized spacial score (nSPS) is 20.9. The summed E-state index contributed by atoms with van der Waals surface area (Å²) in [6.07, 6.45) is 0.555. The van der Waals surface area contributed by atoms with Crippen LogP contribution in [0.2, 0.25) is 15.1 Å². The summed E-state index contributed by atoms with van der Waals surface area (Å²) in [5, 5.41) is 5.19. The maximum absolute atomic E-state index is 6.72. The molecule has 1 N–H and O–H groups in total. The van der Waals surface area contributed by atoms with Crippen molar-refractivity contribution in [2.45, 2.75) is 31.3 Å². The Morgan fingerprint density at radius 1 is 0.938 bits per heavy atom. The van der Waals surface area contributed by atoms with Crippen LogP contribution in [-0.2, 0) is 28.3 Å². The van der Waals surface area contributed by atoms with E-state index in [4.69, 9.17) is 44.3 Å². The topological polar surface area (TPSA) is 30.5 Å². The van der Waals surface area contributed by atoms with Crippen molar-refractivity contribution in [2.24, 2.45) is 0 Å². The van der Waals surface area contributed by atoms with Crippen molar-refractivity contribution >= 4 is 50.7 Å². The third-order valence-electron chi connectivity index (χ3n) is 5.73. The molecule has 0 aromatic heterocycles. The Labute approximate surface area is 212 Å². The highest BCUT2D eigenvalue weighted by Crippen LogP contribution is 2.39. The van der Waals surface area contributed by atoms with Crippen LogP contribution in [0.4, 0.5) is 0 Å². The van der Waals surface area contributed by atoms with E-state index >= 15 is 0 Å². The molecule has 168 valence electrons. The second-order valence-electron chi connectivity index (χ2n) is 7.78. The van der Waals surface area contributed by atoms with Gasteiger partial charge in [-0.3, -0.25) is 0 Å². The van der Waals surface area contributed by atoms with Crippen LogP contribution in [0.25, 0.3) is 0 Å². The monoisotopic (exact) mass is 553 g/mol. The van der Waals surface area contributed by atoms with Crippen LogP contribution in [0.3, 0.4) is 0 Å². The molecule has 0 amide bonds. The Morgan fingerprint density at radius 3 is 2.47 bits per heavy atom. The van der Waals surface area contributed by atoms with Crippen LogP contribution in [0.15, 0.2) is 71.2 Å². The van der Waals surface area contributed by atoms with Crippen molar-refractivity contribution in [3.8, 4) is 0 Å². The predicted molar refractivity (Wildman–Crippen MR) is 135 cm³/mol. The van der Waals surface area contributed by atoms with Gasteiger partial charge in [0.2, 0.25) is 0 Å². The molecule has 7 heteroatoms. The SMILES string of the molecule is Clc1ccc(C2(OCc3ccccc3Br)CCNCC2OCc2ccc(Cl)c(Cl)c2)cc1. The van der Waals surface area contributed by atoms with Crippen LogP contribution in [0.1, 0.15) is 23.1 Å². The molecular formula is C25H23BrCl3NO2. The molecule has 3 nitrogen and oxygen atoms in total. The van der Waals surface area contributed by atoms with Gasteiger partial charge < -0.3 is 14.8 Å². The lowest BCUT2D eigenvalue weighted by atomic mass is 9.82. The Kier molecular flexibility index (Phi) is 8.17. The molecule has 4 rings (SSSR count). The number of hydrogen-bond donors (Lipinski definition) is 1. The molecular weight excluding hydrogens is 533 g/mol. The van der Waals surface area contributed by atoms with Crippen molar-refractivity contribution in [3.63, 3.8) is 0 Å². The second kappa shape index (κ2) is 10.9. The number of rotatable bonds is 7. The quantitative estimate of drug-likeness (QED) is 0.330. The van der Waals surface area contributed by atoms with Gasteiger partial charge in [-0.25, -0.2) is 0 Å². The van der Waals surface area contributed by atoms with E-state index in [1.165, 1.54) is 0 Å². The van der Waals surface area contributed by atoms with E-state index in [-0.39, 0.29) is 6.10 Å². The van der Waals surface area contributed by atoms with Gasteiger partial charge in [0.25, 0.3) is 0 Å². The van der Waals surface area contributed by atoms with Crippen molar-refractivity contribution < 1.29 is 9.47 Å². The molecule has 0 spiro atoms. The lowest BCUT2D eigenvalue weighted by molar-refractivity contribution is -0.176. The summed E-state index contributed by atoms with van der Waals surface area (Å²) < 4.78 is 14.2. The van der Waals surface area contributed by atoms with E-state index in [1.807, 2.05) is 54.6 Å². The van der Waals surface area contributed by atoms with Crippen molar-refractivity contribution in [2.75, 3.05) is 13.1 Å². The average Bonchev–Trinajstić information content (AvgIpc) is 2.80. The zero-order chi connectivity index (χ0) is 22.6. The maximum Gasteiger partial charge on any atom is 0.122 e. The zero-order valence-corrected chi connectivity index (χ0v) is 21.1. The third-order valence-corrected chi connectivity index (χ3v) is 7.50. The fraction of sp³-hybridized carbons (Fsp3) is 0.280. The Hall–Kier alpha value is -1.11. The Balaban J connectivity index is 1.62. The van der Waals surface area contributed by atoms with E-state index in [2.05, 4.69) is 27.3 Å². The molecule has 32 heavy (non-hydrogen) atoms. The highest BCUT2D eigenvalue weighted by Gasteiger charge is 2.44. The first-order valence-corrected chi connectivity index (χ1v) is 12.3. The van der Waals surface area contributed by atoms with Gasteiger partial charge in [-0.15, -0.1) is 0 Å². The van der Waals surface area contributed by atoms with E-state index in [1.54, 1.807) is 6.07 Å². The van der Waals surface area contributed by atoms with Gasteiger partial charge in [0.05, 0.1) is 23.3 Å². The molecule has 3 aromatic carbocycles. The van der Waals surface area contributed by atoms with Crippen LogP contribution in [-0.4, -0.2) is 19.2 Å². The first-order chi connectivity index (χ1) is 15.5. The minimum absolute atomic E-state index is 0.214.